The number of aliphatic hydroxyl groups excluding tert-OH is 2. The van der Waals surface area contributed by atoms with Crippen LogP contribution in [-0.4, -0.2) is 65.6 Å². The van der Waals surface area contributed by atoms with Crippen molar-refractivity contribution in [3.8, 4) is 17.0 Å². The molecule has 17 heteroatoms. The van der Waals surface area contributed by atoms with E-state index in [2.05, 4.69) is 25.7 Å². The number of aliphatic hydroxyl groups is 2. The molecule has 48 heavy (non-hydrogen) atoms. The van der Waals surface area contributed by atoms with Crippen LogP contribution in [0.15, 0.2) is 61.2 Å². The van der Waals surface area contributed by atoms with Crippen molar-refractivity contribution < 1.29 is 42.1 Å². The highest BCUT2D eigenvalue weighted by Gasteiger charge is 2.36. The SMILES string of the molecule is CCOP(=O)(Cc1ccc(Nc2ncc(C(F)(F)F)c(Nc3ccc(-c4cnn(C[C@H](O)CO)c4)c4cn(C)c(O)c34)n2)cc1)OCC. The Hall–Kier alpha value is -4.47. The Morgan fingerprint density at radius 3 is 2.38 bits per heavy atom. The molecule has 0 unspecified atom stereocenters. The molecule has 0 aliphatic heterocycles. The largest absolute Gasteiger partial charge is 0.494 e. The molecule has 5 aromatic rings. The number of fused-ring (bicyclic) bond motifs is 1. The molecule has 5 N–H and O–H groups in total. The molecule has 0 saturated heterocycles. The average molecular weight is 690 g/mol. The summed E-state index contributed by atoms with van der Waals surface area (Å²) >= 11 is 0. The Labute approximate surface area is 273 Å². The molecule has 0 spiro atoms. The highest BCUT2D eigenvalue weighted by molar-refractivity contribution is 7.53. The first kappa shape index (κ1) is 34.9. The smallest absolute Gasteiger partial charge is 0.421 e. The van der Waals surface area contributed by atoms with E-state index < -0.39 is 37.9 Å². The first-order valence-corrected chi connectivity index (χ1v) is 16.6. The van der Waals surface area contributed by atoms with Gasteiger partial charge in [0.25, 0.3) is 0 Å². The summed E-state index contributed by atoms with van der Waals surface area (Å²) in [5.41, 5.74) is 1.42. The number of nitrogens with one attached hydrogen (secondary N) is 2. The number of aryl methyl sites for hydroxylation is 1. The van der Waals surface area contributed by atoms with E-state index in [1.54, 1.807) is 69.8 Å². The van der Waals surface area contributed by atoms with Crippen LogP contribution in [0.4, 0.5) is 36.3 Å². The molecule has 0 amide bonds. The molecule has 2 aromatic carbocycles. The Bertz CT molecular complexity index is 1920. The van der Waals surface area contributed by atoms with Gasteiger partial charge in [-0.3, -0.25) is 9.25 Å². The van der Waals surface area contributed by atoms with Crippen LogP contribution < -0.4 is 10.6 Å². The van der Waals surface area contributed by atoms with E-state index in [9.17, 15) is 27.9 Å². The third-order valence-electron chi connectivity index (χ3n) is 7.26. The van der Waals surface area contributed by atoms with Crippen molar-refractivity contribution in [2.24, 2.45) is 7.05 Å². The summed E-state index contributed by atoms with van der Waals surface area (Å²) in [5, 5.41) is 40.5. The lowest BCUT2D eigenvalue weighted by atomic mass is 10.0. The number of benzene rings is 2. The van der Waals surface area contributed by atoms with E-state index in [0.717, 1.165) is 0 Å². The summed E-state index contributed by atoms with van der Waals surface area (Å²) in [6.45, 7) is 3.50. The minimum atomic E-state index is -4.80. The molecule has 0 aliphatic rings. The minimum Gasteiger partial charge on any atom is -0.494 e. The lowest BCUT2D eigenvalue weighted by Crippen LogP contribution is -2.19. The normalized spacial score (nSPS) is 12.8. The van der Waals surface area contributed by atoms with Crippen LogP contribution in [0.25, 0.3) is 21.9 Å². The molecule has 1 atom stereocenters. The zero-order valence-electron chi connectivity index (χ0n) is 26.3. The fraction of sp³-hybridized carbons (Fsp3) is 0.323. The number of anilines is 4. The number of halogens is 3. The topological polar surface area (TPSA) is 169 Å². The van der Waals surface area contributed by atoms with E-state index >= 15 is 0 Å². The van der Waals surface area contributed by atoms with Gasteiger partial charge in [-0.05, 0) is 43.2 Å². The molecule has 0 aliphatic carbocycles. The number of aromatic nitrogens is 5. The molecule has 0 bridgehead atoms. The van der Waals surface area contributed by atoms with Crippen LogP contribution in [0, 0.1) is 0 Å². The molecule has 13 nitrogen and oxygen atoms in total. The van der Waals surface area contributed by atoms with Gasteiger partial charge in [0.05, 0.1) is 55.9 Å². The monoisotopic (exact) mass is 689 g/mol. The standard InChI is InChI=1S/C31H35F3N7O6P/c1-4-46-48(45,47-5-2)18-19-6-8-21(9-7-19)37-30-35-13-25(31(32,33)34)28(39-30)38-26-11-10-23(24-16-40(3)29(44)27(24)26)20-12-36-41(14-20)15-22(43)17-42/h6-14,16,22,42-44H,4-5,15,17-18H2,1-3H3,(H2,35,37,38,39)/t22-/m0/s1. The third kappa shape index (κ3) is 7.80. The van der Waals surface area contributed by atoms with Gasteiger partial charge in [0.2, 0.25) is 11.8 Å². The maximum atomic E-state index is 14.1. The van der Waals surface area contributed by atoms with Crippen LogP contribution in [-0.2, 0) is 39.5 Å². The van der Waals surface area contributed by atoms with Gasteiger partial charge in [0.15, 0.2) is 0 Å². The molecular weight excluding hydrogens is 654 g/mol. The van der Waals surface area contributed by atoms with Crippen molar-refractivity contribution in [2.75, 3.05) is 30.5 Å². The van der Waals surface area contributed by atoms with E-state index in [4.69, 9.17) is 14.2 Å². The summed E-state index contributed by atoms with van der Waals surface area (Å²) in [7, 11) is -1.74. The van der Waals surface area contributed by atoms with Gasteiger partial charge in [0.1, 0.15) is 11.4 Å². The maximum absolute atomic E-state index is 14.1. The molecule has 0 fully saturated rings. The zero-order valence-corrected chi connectivity index (χ0v) is 27.2. The van der Waals surface area contributed by atoms with Gasteiger partial charge < -0.3 is 39.6 Å². The van der Waals surface area contributed by atoms with Crippen LogP contribution in [0.5, 0.6) is 5.88 Å². The van der Waals surface area contributed by atoms with Gasteiger partial charge >= 0.3 is 13.8 Å². The van der Waals surface area contributed by atoms with Crippen molar-refractivity contribution in [3.05, 3.63) is 72.3 Å². The molecule has 0 radical (unpaired) electrons. The summed E-state index contributed by atoms with van der Waals surface area (Å²) in [5.74, 6) is -0.874. The van der Waals surface area contributed by atoms with E-state index in [-0.39, 0.29) is 48.8 Å². The quantitative estimate of drug-likeness (QED) is 0.0847. The minimum absolute atomic E-state index is 0.0502. The zero-order chi connectivity index (χ0) is 34.6. The molecule has 256 valence electrons. The second-order valence-corrected chi connectivity index (χ2v) is 12.9. The molecule has 3 aromatic heterocycles. The molecule has 0 saturated carbocycles. The van der Waals surface area contributed by atoms with Gasteiger partial charge in [-0.1, -0.05) is 18.2 Å². The van der Waals surface area contributed by atoms with Gasteiger partial charge in [-0.25, -0.2) is 4.98 Å². The summed E-state index contributed by atoms with van der Waals surface area (Å²) in [6.07, 6.45) is -0.267. The second-order valence-electron chi connectivity index (χ2n) is 10.8. The van der Waals surface area contributed by atoms with Crippen LogP contribution in [0.3, 0.4) is 0 Å². The number of nitrogens with zero attached hydrogens (tertiary/aromatic N) is 5. The van der Waals surface area contributed by atoms with E-state index in [1.165, 1.54) is 15.3 Å². The van der Waals surface area contributed by atoms with Crippen molar-refractivity contribution in [2.45, 2.75) is 38.8 Å². The first-order valence-electron chi connectivity index (χ1n) is 14.9. The van der Waals surface area contributed by atoms with Crippen molar-refractivity contribution in [1.29, 1.82) is 0 Å². The van der Waals surface area contributed by atoms with Crippen LogP contribution >= 0.6 is 7.60 Å². The Morgan fingerprint density at radius 1 is 1.02 bits per heavy atom. The fourth-order valence-electron chi connectivity index (χ4n) is 5.10. The predicted octanol–water partition coefficient (Wildman–Crippen LogP) is 6.16. The number of hydrogen-bond acceptors (Lipinski definition) is 11. The van der Waals surface area contributed by atoms with Crippen LogP contribution in [0.1, 0.15) is 25.0 Å². The van der Waals surface area contributed by atoms with Gasteiger partial charge in [0, 0.05) is 42.3 Å². The number of alkyl halides is 3. The number of hydrogen-bond donors (Lipinski definition) is 5. The molecule has 3 heterocycles. The van der Waals surface area contributed by atoms with E-state index in [1.807, 2.05) is 0 Å². The van der Waals surface area contributed by atoms with Crippen molar-refractivity contribution in [1.82, 2.24) is 24.3 Å². The Morgan fingerprint density at radius 2 is 1.73 bits per heavy atom. The lowest BCUT2D eigenvalue weighted by Gasteiger charge is -2.17. The Kier molecular flexibility index (Phi) is 10.4. The van der Waals surface area contributed by atoms with Crippen LogP contribution in [0.2, 0.25) is 0 Å². The fourth-order valence-corrected chi connectivity index (χ4v) is 6.80. The molecule has 5 rings (SSSR count). The van der Waals surface area contributed by atoms with Gasteiger partial charge in [-0.2, -0.15) is 23.3 Å². The maximum Gasteiger partial charge on any atom is 0.421 e. The van der Waals surface area contributed by atoms with Crippen molar-refractivity contribution in [3.63, 3.8) is 0 Å². The summed E-state index contributed by atoms with van der Waals surface area (Å²) in [6, 6.07) is 9.84. The number of rotatable bonds is 14. The third-order valence-corrected chi connectivity index (χ3v) is 9.32. The average Bonchev–Trinajstić information content (AvgIpc) is 3.61. The highest BCUT2D eigenvalue weighted by atomic mass is 31.2. The predicted molar refractivity (Wildman–Crippen MR) is 174 cm³/mol. The number of aromatic hydroxyl groups is 1. The second kappa shape index (κ2) is 14.3. The summed E-state index contributed by atoms with van der Waals surface area (Å²) < 4.78 is 68.8. The highest BCUT2D eigenvalue weighted by Crippen LogP contribution is 2.51. The molecular formula is C31H35F3N7O6P. The summed E-state index contributed by atoms with van der Waals surface area (Å²) in [4.78, 5) is 8.02. The lowest BCUT2D eigenvalue weighted by molar-refractivity contribution is -0.137. The Balaban J connectivity index is 1.45. The first-order chi connectivity index (χ1) is 22.8. The van der Waals surface area contributed by atoms with Crippen molar-refractivity contribution >= 4 is 41.5 Å². The van der Waals surface area contributed by atoms with Gasteiger partial charge in [-0.15, -0.1) is 0 Å². The van der Waals surface area contributed by atoms with E-state index in [0.29, 0.717) is 34.0 Å².